The summed E-state index contributed by atoms with van der Waals surface area (Å²) in [6.45, 7) is 6.82. The maximum Gasteiger partial charge on any atom is 0.412 e. The Balaban J connectivity index is 1.75. The number of nitriles is 1. The van der Waals surface area contributed by atoms with Gasteiger partial charge in [0.05, 0.1) is 11.6 Å². The largest absolute Gasteiger partial charge is 0.444 e. The van der Waals surface area contributed by atoms with Gasteiger partial charge in [0.1, 0.15) is 5.60 Å². The maximum absolute atomic E-state index is 11.8. The van der Waals surface area contributed by atoms with Gasteiger partial charge in [-0.25, -0.2) is 4.79 Å². The van der Waals surface area contributed by atoms with Gasteiger partial charge in [-0.05, 0) is 62.6 Å². The fourth-order valence-corrected chi connectivity index (χ4v) is 2.60. The van der Waals surface area contributed by atoms with E-state index < -0.39 is 11.7 Å². The highest BCUT2D eigenvalue weighted by Crippen LogP contribution is 2.13. The van der Waals surface area contributed by atoms with Crippen molar-refractivity contribution in [2.24, 2.45) is 4.99 Å². The number of nitrogens with zero attached hydrogens (tertiary/aromatic N) is 2. The van der Waals surface area contributed by atoms with Gasteiger partial charge < -0.3 is 15.4 Å². The number of ether oxygens (including phenoxy) is 1. The fraction of sp³-hybridized carbons (Fsp3) is 0.348. The second kappa shape index (κ2) is 10.9. The number of nitrogens with one attached hydrogen (secondary N) is 3. The first kappa shape index (κ1) is 22.8. The molecule has 0 aliphatic heterocycles. The minimum Gasteiger partial charge on any atom is -0.444 e. The topological polar surface area (TPSA) is 98.5 Å². The summed E-state index contributed by atoms with van der Waals surface area (Å²) in [4.78, 5) is 16.0. The normalized spacial score (nSPS) is 11.4. The molecule has 30 heavy (non-hydrogen) atoms. The molecule has 2 rings (SSSR count). The van der Waals surface area contributed by atoms with Crippen LogP contribution in [0.2, 0.25) is 0 Å². The zero-order valence-electron chi connectivity index (χ0n) is 18.0. The first-order valence-electron chi connectivity index (χ1n) is 9.81. The Bertz CT molecular complexity index is 891. The maximum atomic E-state index is 11.8. The van der Waals surface area contributed by atoms with Crippen molar-refractivity contribution in [2.45, 2.75) is 39.3 Å². The molecule has 0 heterocycles. The van der Waals surface area contributed by atoms with Crippen LogP contribution in [0.4, 0.5) is 10.5 Å². The molecule has 2 aromatic rings. The SMILES string of the molecule is CN=C(NCCc1ccc(NC(=O)OC(C)(C)C)cc1)NCc1ccc(C#N)cc1. The number of carbonyl (C=O) groups excluding carboxylic acids is 1. The van der Waals surface area contributed by atoms with Crippen LogP contribution in [-0.2, 0) is 17.7 Å². The van der Waals surface area contributed by atoms with Crippen molar-refractivity contribution in [3.8, 4) is 6.07 Å². The predicted molar refractivity (Wildman–Crippen MR) is 119 cm³/mol. The molecule has 0 bridgehead atoms. The number of aliphatic imine (C=N–C) groups is 1. The molecular formula is C23H29N5O2. The molecule has 0 saturated heterocycles. The van der Waals surface area contributed by atoms with Crippen molar-refractivity contribution < 1.29 is 9.53 Å². The van der Waals surface area contributed by atoms with Crippen molar-refractivity contribution in [1.29, 1.82) is 5.26 Å². The van der Waals surface area contributed by atoms with Crippen LogP contribution >= 0.6 is 0 Å². The van der Waals surface area contributed by atoms with Crippen LogP contribution in [-0.4, -0.2) is 31.2 Å². The molecule has 7 nitrogen and oxygen atoms in total. The van der Waals surface area contributed by atoms with Crippen molar-refractivity contribution in [1.82, 2.24) is 10.6 Å². The number of amides is 1. The summed E-state index contributed by atoms with van der Waals surface area (Å²) in [6, 6.07) is 17.2. The first-order chi connectivity index (χ1) is 14.3. The van der Waals surface area contributed by atoms with Crippen LogP contribution in [0.15, 0.2) is 53.5 Å². The van der Waals surface area contributed by atoms with Crippen LogP contribution in [0.1, 0.15) is 37.5 Å². The smallest absolute Gasteiger partial charge is 0.412 e. The number of anilines is 1. The molecular weight excluding hydrogens is 378 g/mol. The zero-order valence-corrected chi connectivity index (χ0v) is 18.0. The highest BCUT2D eigenvalue weighted by molar-refractivity contribution is 5.84. The van der Waals surface area contributed by atoms with Gasteiger partial charge >= 0.3 is 6.09 Å². The molecule has 0 aromatic heterocycles. The second-order valence-corrected chi connectivity index (χ2v) is 7.74. The fourth-order valence-electron chi connectivity index (χ4n) is 2.60. The van der Waals surface area contributed by atoms with Crippen LogP contribution in [0, 0.1) is 11.3 Å². The van der Waals surface area contributed by atoms with E-state index in [9.17, 15) is 4.79 Å². The number of hydrogen-bond acceptors (Lipinski definition) is 4. The molecule has 0 spiro atoms. The molecule has 0 fully saturated rings. The van der Waals surface area contributed by atoms with Crippen molar-refractivity contribution in [3.05, 3.63) is 65.2 Å². The predicted octanol–water partition coefficient (Wildman–Crippen LogP) is 3.81. The van der Waals surface area contributed by atoms with Crippen LogP contribution in [0.5, 0.6) is 0 Å². The minimum atomic E-state index is -0.525. The third-order valence-electron chi connectivity index (χ3n) is 4.07. The van der Waals surface area contributed by atoms with E-state index in [1.165, 1.54) is 0 Å². The average molecular weight is 408 g/mol. The van der Waals surface area contributed by atoms with Crippen LogP contribution in [0.3, 0.4) is 0 Å². The number of hydrogen-bond donors (Lipinski definition) is 3. The van der Waals surface area contributed by atoms with Gasteiger partial charge in [-0.1, -0.05) is 24.3 Å². The molecule has 0 aliphatic rings. The molecule has 1 amide bonds. The summed E-state index contributed by atoms with van der Waals surface area (Å²) in [5.41, 5.74) is 3.03. The standard InChI is InChI=1S/C23H29N5O2/c1-23(2,3)30-22(29)28-20-11-9-17(10-12-20)13-14-26-21(25-4)27-16-19-7-5-18(15-24)6-8-19/h5-12H,13-14,16H2,1-4H3,(H,28,29)(H2,25,26,27). The van der Waals surface area contributed by atoms with Gasteiger partial charge in [0, 0.05) is 25.8 Å². The molecule has 0 unspecified atom stereocenters. The number of benzene rings is 2. The van der Waals surface area contributed by atoms with Gasteiger partial charge in [0.15, 0.2) is 5.96 Å². The van der Waals surface area contributed by atoms with Gasteiger partial charge in [-0.3, -0.25) is 10.3 Å². The number of carbonyl (C=O) groups is 1. The molecule has 3 N–H and O–H groups in total. The molecule has 0 saturated carbocycles. The summed E-state index contributed by atoms with van der Waals surface area (Å²) in [6.07, 6.45) is 0.346. The summed E-state index contributed by atoms with van der Waals surface area (Å²) in [7, 11) is 1.73. The van der Waals surface area contributed by atoms with E-state index in [0.29, 0.717) is 30.3 Å². The Hall–Kier alpha value is -3.53. The lowest BCUT2D eigenvalue weighted by Crippen LogP contribution is -2.37. The van der Waals surface area contributed by atoms with Crippen molar-refractivity contribution >= 4 is 17.7 Å². The molecule has 7 heteroatoms. The lowest BCUT2D eigenvalue weighted by Gasteiger charge is -2.19. The third-order valence-corrected chi connectivity index (χ3v) is 4.07. The molecule has 0 aliphatic carbocycles. The van der Waals surface area contributed by atoms with E-state index in [2.05, 4.69) is 27.0 Å². The van der Waals surface area contributed by atoms with E-state index in [0.717, 1.165) is 17.5 Å². The Morgan fingerprint density at radius 2 is 1.67 bits per heavy atom. The Morgan fingerprint density at radius 1 is 1.03 bits per heavy atom. The van der Waals surface area contributed by atoms with Crippen molar-refractivity contribution in [3.63, 3.8) is 0 Å². The monoisotopic (exact) mass is 407 g/mol. The van der Waals surface area contributed by atoms with Crippen LogP contribution < -0.4 is 16.0 Å². The lowest BCUT2D eigenvalue weighted by atomic mass is 10.1. The number of guanidine groups is 1. The molecule has 158 valence electrons. The van der Waals surface area contributed by atoms with Gasteiger partial charge in [-0.2, -0.15) is 5.26 Å². The summed E-state index contributed by atoms with van der Waals surface area (Å²) in [5.74, 6) is 0.711. The third kappa shape index (κ3) is 8.23. The van der Waals surface area contributed by atoms with Crippen molar-refractivity contribution in [2.75, 3.05) is 18.9 Å². The molecule has 0 atom stereocenters. The van der Waals surface area contributed by atoms with E-state index in [-0.39, 0.29) is 0 Å². The average Bonchev–Trinajstić information content (AvgIpc) is 2.70. The summed E-state index contributed by atoms with van der Waals surface area (Å²) >= 11 is 0. The van der Waals surface area contributed by atoms with Gasteiger partial charge in [0.25, 0.3) is 0 Å². The van der Waals surface area contributed by atoms with Gasteiger partial charge in [0.2, 0.25) is 0 Å². The quantitative estimate of drug-likeness (QED) is 0.500. The molecule has 2 aromatic carbocycles. The van der Waals surface area contributed by atoms with E-state index in [1.54, 1.807) is 19.2 Å². The number of rotatable bonds is 6. The Labute approximate surface area is 178 Å². The zero-order chi connectivity index (χ0) is 22.0. The second-order valence-electron chi connectivity index (χ2n) is 7.74. The Morgan fingerprint density at radius 3 is 2.23 bits per heavy atom. The van der Waals surface area contributed by atoms with Crippen LogP contribution in [0.25, 0.3) is 0 Å². The van der Waals surface area contributed by atoms with Gasteiger partial charge in [-0.15, -0.1) is 0 Å². The first-order valence-corrected chi connectivity index (χ1v) is 9.81. The van der Waals surface area contributed by atoms with E-state index in [1.807, 2.05) is 57.2 Å². The summed E-state index contributed by atoms with van der Waals surface area (Å²) < 4.78 is 5.25. The Kier molecular flexibility index (Phi) is 8.24. The van der Waals surface area contributed by atoms with E-state index >= 15 is 0 Å². The summed E-state index contributed by atoms with van der Waals surface area (Å²) in [5, 5.41) is 18.1. The lowest BCUT2D eigenvalue weighted by molar-refractivity contribution is 0.0636. The highest BCUT2D eigenvalue weighted by Gasteiger charge is 2.16. The van der Waals surface area contributed by atoms with E-state index in [4.69, 9.17) is 10.00 Å². The minimum absolute atomic E-state index is 0.464. The highest BCUT2D eigenvalue weighted by atomic mass is 16.6. The molecule has 0 radical (unpaired) electrons.